The van der Waals surface area contributed by atoms with Crippen LogP contribution in [-0.4, -0.2) is 29.1 Å². The largest absolute Gasteiger partial charge is 0.477 e. The van der Waals surface area contributed by atoms with Gasteiger partial charge in [-0.25, -0.2) is 9.59 Å². The number of esters is 1. The molecule has 0 aromatic carbocycles. The number of carboxylic acid groups (broad SMARTS) is 1. The summed E-state index contributed by atoms with van der Waals surface area (Å²) in [4.78, 5) is 23.5. The first-order chi connectivity index (χ1) is 5.65. The summed E-state index contributed by atoms with van der Waals surface area (Å²) in [5.74, 6) is -1.69. The number of hydrogen-bond donors (Lipinski definition) is 2. The van der Waals surface area contributed by atoms with Crippen molar-refractivity contribution in [2.24, 2.45) is 0 Å². The highest BCUT2D eigenvalue weighted by molar-refractivity contribution is 5.91. The fourth-order valence-electron chi connectivity index (χ4n) is 0.749. The molecule has 0 saturated carbocycles. The standard InChI is InChI=1S/C7H7NO4/c1-12-7(11)5-3-2-4(8-5)6(9)10/h2-3,8H,1H3,(H,9,10). The zero-order valence-corrected chi connectivity index (χ0v) is 6.33. The Hall–Kier alpha value is -1.78. The molecule has 0 amide bonds. The van der Waals surface area contributed by atoms with Gasteiger partial charge in [-0.2, -0.15) is 0 Å². The van der Waals surface area contributed by atoms with Gasteiger partial charge in [-0.05, 0) is 12.1 Å². The first-order valence-electron chi connectivity index (χ1n) is 3.15. The number of aromatic amines is 1. The van der Waals surface area contributed by atoms with Gasteiger partial charge in [0.05, 0.1) is 7.11 Å². The highest BCUT2D eigenvalue weighted by Crippen LogP contribution is 2.02. The number of carbonyl (C=O) groups excluding carboxylic acids is 1. The quantitative estimate of drug-likeness (QED) is 0.632. The minimum Gasteiger partial charge on any atom is -0.477 e. The van der Waals surface area contributed by atoms with E-state index in [-0.39, 0.29) is 11.4 Å². The fraction of sp³-hybridized carbons (Fsp3) is 0.143. The van der Waals surface area contributed by atoms with E-state index in [1.807, 2.05) is 0 Å². The van der Waals surface area contributed by atoms with Crippen LogP contribution in [0.25, 0.3) is 0 Å². The van der Waals surface area contributed by atoms with Crippen LogP contribution < -0.4 is 0 Å². The predicted molar refractivity (Wildman–Crippen MR) is 39.1 cm³/mol. The number of ether oxygens (including phenoxy) is 1. The van der Waals surface area contributed by atoms with E-state index in [9.17, 15) is 9.59 Å². The summed E-state index contributed by atoms with van der Waals surface area (Å²) in [6, 6.07) is 2.66. The topological polar surface area (TPSA) is 79.4 Å². The third kappa shape index (κ3) is 1.45. The lowest BCUT2D eigenvalue weighted by molar-refractivity contribution is 0.0594. The number of H-pyrrole nitrogens is 1. The van der Waals surface area contributed by atoms with E-state index in [4.69, 9.17) is 5.11 Å². The lowest BCUT2D eigenvalue weighted by atomic mass is 10.4. The number of hydrogen-bond acceptors (Lipinski definition) is 3. The molecule has 0 radical (unpaired) electrons. The van der Waals surface area contributed by atoms with Crippen LogP contribution in [0.4, 0.5) is 0 Å². The molecule has 5 heteroatoms. The van der Waals surface area contributed by atoms with Gasteiger partial charge in [-0.15, -0.1) is 0 Å². The summed E-state index contributed by atoms with van der Waals surface area (Å²) in [7, 11) is 1.23. The van der Waals surface area contributed by atoms with E-state index in [0.29, 0.717) is 0 Å². The second kappa shape index (κ2) is 3.08. The van der Waals surface area contributed by atoms with E-state index in [1.165, 1.54) is 19.2 Å². The summed E-state index contributed by atoms with van der Waals surface area (Å²) < 4.78 is 4.37. The Labute approximate surface area is 68.0 Å². The van der Waals surface area contributed by atoms with Gasteiger partial charge in [0, 0.05) is 0 Å². The summed E-state index contributed by atoms with van der Waals surface area (Å²) in [5, 5.41) is 8.47. The van der Waals surface area contributed by atoms with Crippen molar-refractivity contribution >= 4 is 11.9 Å². The SMILES string of the molecule is COC(=O)c1ccc(C(=O)O)[nH]1. The van der Waals surface area contributed by atoms with Crippen LogP contribution in [0.1, 0.15) is 21.0 Å². The molecule has 1 heterocycles. The van der Waals surface area contributed by atoms with Crippen LogP contribution >= 0.6 is 0 Å². The monoisotopic (exact) mass is 169 g/mol. The normalized spacial score (nSPS) is 9.42. The average molecular weight is 169 g/mol. The fourth-order valence-corrected chi connectivity index (χ4v) is 0.749. The Morgan fingerprint density at radius 1 is 1.42 bits per heavy atom. The van der Waals surface area contributed by atoms with Gasteiger partial charge in [0.2, 0.25) is 0 Å². The summed E-state index contributed by atoms with van der Waals surface area (Å²) in [6.07, 6.45) is 0. The minimum atomic E-state index is -1.11. The van der Waals surface area contributed by atoms with Crippen molar-refractivity contribution in [2.75, 3.05) is 7.11 Å². The number of aromatic carboxylic acids is 1. The highest BCUT2D eigenvalue weighted by atomic mass is 16.5. The van der Waals surface area contributed by atoms with Crippen LogP contribution in [0.2, 0.25) is 0 Å². The van der Waals surface area contributed by atoms with Gasteiger partial charge in [-0.3, -0.25) is 0 Å². The number of nitrogens with one attached hydrogen (secondary N) is 1. The zero-order chi connectivity index (χ0) is 9.14. The zero-order valence-electron chi connectivity index (χ0n) is 6.33. The van der Waals surface area contributed by atoms with Crippen molar-refractivity contribution in [3.05, 3.63) is 23.5 Å². The number of carbonyl (C=O) groups is 2. The van der Waals surface area contributed by atoms with Crippen molar-refractivity contribution in [2.45, 2.75) is 0 Å². The molecule has 0 saturated heterocycles. The van der Waals surface area contributed by atoms with Crippen molar-refractivity contribution in [3.63, 3.8) is 0 Å². The van der Waals surface area contributed by atoms with Gasteiger partial charge in [0.15, 0.2) is 0 Å². The number of rotatable bonds is 2. The first kappa shape index (κ1) is 8.32. The number of aromatic nitrogens is 1. The maximum absolute atomic E-state index is 10.8. The molecule has 0 aliphatic heterocycles. The summed E-state index contributed by atoms with van der Waals surface area (Å²) >= 11 is 0. The molecule has 0 spiro atoms. The van der Waals surface area contributed by atoms with Crippen LogP contribution in [0.15, 0.2) is 12.1 Å². The molecular weight excluding hydrogens is 162 g/mol. The van der Waals surface area contributed by atoms with Crippen LogP contribution in [-0.2, 0) is 4.74 Å². The van der Waals surface area contributed by atoms with Crippen molar-refractivity contribution in [1.82, 2.24) is 4.98 Å². The number of methoxy groups -OCH3 is 1. The summed E-state index contributed by atoms with van der Waals surface area (Å²) in [6.45, 7) is 0. The van der Waals surface area contributed by atoms with Crippen molar-refractivity contribution in [1.29, 1.82) is 0 Å². The molecule has 12 heavy (non-hydrogen) atoms. The second-order valence-electron chi connectivity index (χ2n) is 2.08. The predicted octanol–water partition coefficient (Wildman–Crippen LogP) is 0.499. The maximum Gasteiger partial charge on any atom is 0.354 e. The van der Waals surface area contributed by atoms with Crippen molar-refractivity contribution < 1.29 is 19.4 Å². The van der Waals surface area contributed by atoms with E-state index < -0.39 is 11.9 Å². The van der Waals surface area contributed by atoms with Crippen LogP contribution in [0, 0.1) is 0 Å². The van der Waals surface area contributed by atoms with E-state index in [1.54, 1.807) is 0 Å². The molecule has 0 unspecified atom stereocenters. The van der Waals surface area contributed by atoms with Gasteiger partial charge in [0.1, 0.15) is 11.4 Å². The molecule has 0 fully saturated rings. The molecule has 0 aliphatic carbocycles. The Balaban J connectivity index is 2.91. The molecule has 1 aromatic heterocycles. The first-order valence-corrected chi connectivity index (χ1v) is 3.15. The number of carboxylic acids is 1. The smallest absolute Gasteiger partial charge is 0.354 e. The molecule has 0 aliphatic rings. The van der Waals surface area contributed by atoms with Gasteiger partial charge in [-0.1, -0.05) is 0 Å². The third-order valence-corrected chi connectivity index (χ3v) is 1.32. The lowest BCUT2D eigenvalue weighted by Gasteiger charge is -1.92. The van der Waals surface area contributed by atoms with Gasteiger partial charge >= 0.3 is 11.9 Å². The molecule has 1 aromatic rings. The third-order valence-electron chi connectivity index (χ3n) is 1.32. The Morgan fingerprint density at radius 2 is 2.00 bits per heavy atom. The van der Waals surface area contributed by atoms with E-state index in [0.717, 1.165) is 0 Å². The Kier molecular flexibility index (Phi) is 2.14. The van der Waals surface area contributed by atoms with Gasteiger partial charge in [0.25, 0.3) is 0 Å². The summed E-state index contributed by atoms with van der Waals surface area (Å²) in [5.41, 5.74) is 0.102. The molecular formula is C7H7NO4. The molecule has 2 N–H and O–H groups in total. The van der Waals surface area contributed by atoms with Crippen LogP contribution in [0.5, 0.6) is 0 Å². The molecule has 64 valence electrons. The van der Waals surface area contributed by atoms with Crippen LogP contribution in [0.3, 0.4) is 0 Å². The maximum atomic E-state index is 10.8. The molecule has 0 atom stereocenters. The molecule has 0 bridgehead atoms. The van der Waals surface area contributed by atoms with E-state index >= 15 is 0 Å². The highest BCUT2D eigenvalue weighted by Gasteiger charge is 2.10. The molecule has 5 nitrogen and oxygen atoms in total. The van der Waals surface area contributed by atoms with Crippen molar-refractivity contribution in [3.8, 4) is 0 Å². The van der Waals surface area contributed by atoms with E-state index in [2.05, 4.69) is 9.72 Å². The average Bonchev–Trinajstić information content (AvgIpc) is 2.51. The Morgan fingerprint density at radius 3 is 2.42 bits per heavy atom. The Bertz CT molecular complexity index is 315. The molecule has 1 rings (SSSR count). The minimum absolute atomic E-state index is 0.0320. The second-order valence-corrected chi connectivity index (χ2v) is 2.08. The van der Waals surface area contributed by atoms with Gasteiger partial charge < -0.3 is 14.8 Å². The lowest BCUT2D eigenvalue weighted by Crippen LogP contribution is -2.03.